The highest BCUT2D eigenvalue weighted by Crippen LogP contribution is 2.37. The fourth-order valence-electron chi connectivity index (χ4n) is 3.92. The van der Waals surface area contributed by atoms with Crippen LogP contribution >= 0.6 is 0 Å². The third kappa shape index (κ3) is 3.47. The van der Waals surface area contributed by atoms with Crippen LogP contribution in [0.25, 0.3) is 0 Å². The number of benzene rings is 2. The maximum absolute atomic E-state index is 11.9. The van der Waals surface area contributed by atoms with E-state index in [1.54, 1.807) is 0 Å². The van der Waals surface area contributed by atoms with E-state index < -0.39 is 0 Å². The molecule has 0 aromatic heterocycles. The minimum Gasteiger partial charge on any atom is -0.487 e. The lowest BCUT2D eigenvalue weighted by atomic mass is 10.0. The van der Waals surface area contributed by atoms with Gasteiger partial charge in [-0.25, -0.2) is 0 Å². The molecule has 136 valence electrons. The van der Waals surface area contributed by atoms with Gasteiger partial charge in [0.25, 0.3) is 0 Å². The second-order valence-electron chi connectivity index (χ2n) is 7.87. The van der Waals surface area contributed by atoms with Crippen molar-refractivity contribution in [1.82, 2.24) is 5.32 Å². The van der Waals surface area contributed by atoms with Crippen LogP contribution in [0.4, 0.5) is 5.69 Å². The van der Waals surface area contributed by atoms with Gasteiger partial charge < -0.3 is 15.0 Å². The van der Waals surface area contributed by atoms with Crippen LogP contribution in [0.15, 0.2) is 42.5 Å². The van der Waals surface area contributed by atoms with Gasteiger partial charge in [0.05, 0.1) is 0 Å². The first-order valence-corrected chi connectivity index (χ1v) is 9.42. The minimum absolute atomic E-state index is 0.116. The first-order chi connectivity index (χ1) is 12.5. The molecule has 1 N–H and O–H groups in total. The lowest BCUT2D eigenvalue weighted by Crippen LogP contribution is -2.25. The number of hydrogen-bond acceptors (Lipinski definition) is 3. The fraction of sp³-hybridized carbons (Fsp3) is 0.409. The summed E-state index contributed by atoms with van der Waals surface area (Å²) in [5.74, 6) is 1.27. The Balaban J connectivity index is 1.41. The molecule has 1 saturated heterocycles. The maximum atomic E-state index is 11.9. The summed E-state index contributed by atoms with van der Waals surface area (Å²) >= 11 is 0. The normalized spacial score (nSPS) is 18.1. The topological polar surface area (TPSA) is 41.6 Å². The Hall–Kier alpha value is -2.33. The van der Waals surface area contributed by atoms with E-state index in [-0.39, 0.29) is 11.5 Å². The van der Waals surface area contributed by atoms with Gasteiger partial charge >= 0.3 is 0 Å². The van der Waals surface area contributed by atoms with Crippen molar-refractivity contribution in [3.63, 3.8) is 0 Å². The number of nitrogens with one attached hydrogen (secondary N) is 1. The number of fused-ring (bicyclic) bond motifs is 1. The molecular weight excluding hydrogens is 324 g/mol. The highest BCUT2D eigenvalue weighted by molar-refractivity contribution is 5.95. The average molecular weight is 350 g/mol. The van der Waals surface area contributed by atoms with Gasteiger partial charge in [-0.3, -0.25) is 4.79 Å². The van der Waals surface area contributed by atoms with Gasteiger partial charge in [0, 0.05) is 43.7 Å². The third-order valence-corrected chi connectivity index (χ3v) is 5.11. The molecule has 0 aliphatic carbocycles. The summed E-state index contributed by atoms with van der Waals surface area (Å²) < 4.78 is 6.14. The molecule has 0 atom stereocenters. The predicted octanol–water partition coefficient (Wildman–Crippen LogP) is 3.82. The number of nitrogens with zero attached hydrogens (tertiary/aromatic N) is 1. The molecule has 0 spiro atoms. The molecule has 1 fully saturated rings. The Bertz CT molecular complexity index is 829. The number of para-hydroxylation sites is 1. The van der Waals surface area contributed by atoms with Crippen molar-refractivity contribution in [1.29, 1.82) is 0 Å². The van der Waals surface area contributed by atoms with Crippen LogP contribution in [-0.4, -0.2) is 18.1 Å². The number of carbonyl (C=O) groups is 1. The number of hydrogen-bond donors (Lipinski definition) is 1. The molecule has 4 rings (SSSR count). The lowest BCUT2D eigenvalue weighted by Gasteiger charge is -2.18. The van der Waals surface area contributed by atoms with Crippen molar-refractivity contribution in [2.24, 2.45) is 0 Å². The Morgan fingerprint density at radius 3 is 2.81 bits per heavy atom. The number of anilines is 1. The minimum atomic E-state index is -0.116. The van der Waals surface area contributed by atoms with Gasteiger partial charge in [0.15, 0.2) is 0 Å². The van der Waals surface area contributed by atoms with Crippen molar-refractivity contribution in [3.05, 3.63) is 59.2 Å². The Morgan fingerprint density at radius 1 is 1.15 bits per heavy atom. The standard InChI is InChI=1S/C22H26N2O2/c1-22(2)13-17-7-4-8-18(21(17)26-22)15-23-14-16-6-3-9-19(12-16)24-11-5-10-20(24)25/h3-4,6-9,12,23H,5,10-11,13-15H2,1-2H3. The Morgan fingerprint density at radius 2 is 2.00 bits per heavy atom. The molecule has 2 aliphatic rings. The van der Waals surface area contributed by atoms with E-state index in [1.807, 2.05) is 17.0 Å². The Kier molecular flexibility index (Phi) is 4.45. The van der Waals surface area contributed by atoms with Crippen LogP contribution in [0.1, 0.15) is 43.4 Å². The van der Waals surface area contributed by atoms with E-state index in [2.05, 4.69) is 49.5 Å². The quantitative estimate of drug-likeness (QED) is 0.891. The Labute approximate surface area is 155 Å². The van der Waals surface area contributed by atoms with Crippen LogP contribution in [0.5, 0.6) is 5.75 Å². The molecule has 1 amide bonds. The monoisotopic (exact) mass is 350 g/mol. The van der Waals surface area contributed by atoms with Gasteiger partial charge in [0.2, 0.25) is 5.91 Å². The van der Waals surface area contributed by atoms with E-state index in [4.69, 9.17) is 4.74 Å². The van der Waals surface area contributed by atoms with Crippen LogP contribution in [-0.2, 0) is 24.3 Å². The number of amides is 1. The second-order valence-corrected chi connectivity index (χ2v) is 7.87. The number of ether oxygens (including phenoxy) is 1. The van der Waals surface area contributed by atoms with Crippen LogP contribution in [0.2, 0.25) is 0 Å². The highest BCUT2D eigenvalue weighted by atomic mass is 16.5. The third-order valence-electron chi connectivity index (χ3n) is 5.11. The van der Waals surface area contributed by atoms with E-state index in [0.29, 0.717) is 6.42 Å². The molecule has 0 saturated carbocycles. The average Bonchev–Trinajstić information content (AvgIpc) is 3.17. The summed E-state index contributed by atoms with van der Waals surface area (Å²) in [5, 5.41) is 3.52. The molecule has 0 radical (unpaired) electrons. The molecule has 2 aromatic rings. The molecule has 2 heterocycles. The van der Waals surface area contributed by atoms with Crippen LogP contribution in [0.3, 0.4) is 0 Å². The summed E-state index contributed by atoms with van der Waals surface area (Å²) in [4.78, 5) is 13.8. The molecule has 4 nitrogen and oxygen atoms in total. The zero-order chi connectivity index (χ0) is 18.1. The van der Waals surface area contributed by atoms with Gasteiger partial charge in [-0.1, -0.05) is 30.3 Å². The van der Waals surface area contributed by atoms with Crippen molar-refractivity contribution in [2.45, 2.75) is 51.8 Å². The molecule has 4 heteroatoms. The second kappa shape index (κ2) is 6.76. The molecular formula is C22H26N2O2. The summed E-state index contributed by atoms with van der Waals surface area (Å²) in [7, 11) is 0. The SMILES string of the molecule is CC1(C)Cc2cccc(CNCc3cccc(N4CCCC4=O)c3)c2O1. The lowest BCUT2D eigenvalue weighted by molar-refractivity contribution is -0.117. The van der Waals surface area contributed by atoms with Crippen molar-refractivity contribution in [2.75, 3.05) is 11.4 Å². The molecule has 26 heavy (non-hydrogen) atoms. The first kappa shape index (κ1) is 17.1. The van der Waals surface area contributed by atoms with Gasteiger partial charge in [-0.2, -0.15) is 0 Å². The van der Waals surface area contributed by atoms with E-state index >= 15 is 0 Å². The van der Waals surface area contributed by atoms with E-state index in [9.17, 15) is 4.79 Å². The summed E-state index contributed by atoms with van der Waals surface area (Å²) in [6, 6.07) is 14.7. The molecule has 0 unspecified atom stereocenters. The zero-order valence-electron chi connectivity index (χ0n) is 15.5. The highest BCUT2D eigenvalue weighted by Gasteiger charge is 2.31. The fourth-order valence-corrected chi connectivity index (χ4v) is 3.92. The largest absolute Gasteiger partial charge is 0.487 e. The van der Waals surface area contributed by atoms with Gasteiger partial charge in [-0.15, -0.1) is 0 Å². The summed E-state index contributed by atoms with van der Waals surface area (Å²) in [6.45, 7) is 6.64. The van der Waals surface area contributed by atoms with Crippen molar-refractivity contribution >= 4 is 11.6 Å². The van der Waals surface area contributed by atoms with Gasteiger partial charge in [-0.05, 0) is 43.5 Å². The summed E-state index contributed by atoms with van der Waals surface area (Å²) in [6.07, 6.45) is 2.58. The van der Waals surface area contributed by atoms with Gasteiger partial charge in [0.1, 0.15) is 11.4 Å². The molecule has 2 aliphatic heterocycles. The van der Waals surface area contributed by atoms with Crippen LogP contribution in [0, 0.1) is 0 Å². The van der Waals surface area contributed by atoms with E-state index in [0.717, 1.165) is 43.9 Å². The number of carbonyl (C=O) groups excluding carboxylic acids is 1. The predicted molar refractivity (Wildman–Crippen MR) is 103 cm³/mol. The molecule has 0 bridgehead atoms. The first-order valence-electron chi connectivity index (χ1n) is 9.42. The molecule has 2 aromatic carbocycles. The van der Waals surface area contributed by atoms with Crippen molar-refractivity contribution in [3.8, 4) is 5.75 Å². The van der Waals surface area contributed by atoms with Crippen LogP contribution < -0.4 is 15.0 Å². The summed E-state index contributed by atoms with van der Waals surface area (Å²) in [5.41, 5.74) is 4.59. The van der Waals surface area contributed by atoms with Crippen molar-refractivity contribution < 1.29 is 9.53 Å². The maximum Gasteiger partial charge on any atom is 0.227 e. The smallest absolute Gasteiger partial charge is 0.227 e. The zero-order valence-corrected chi connectivity index (χ0v) is 15.5. The number of rotatable bonds is 5. The van der Waals surface area contributed by atoms with E-state index in [1.165, 1.54) is 16.7 Å².